The Balaban J connectivity index is 2.86. The summed E-state index contributed by atoms with van der Waals surface area (Å²) in [4.78, 5) is 20.9. The molecule has 1 N–H and O–H groups in total. The van der Waals surface area contributed by atoms with E-state index in [0.29, 0.717) is 6.54 Å². The van der Waals surface area contributed by atoms with Crippen molar-refractivity contribution in [3.63, 3.8) is 0 Å². The third-order valence-corrected chi connectivity index (χ3v) is 2.63. The summed E-state index contributed by atoms with van der Waals surface area (Å²) in [7, 11) is 1.62. The van der Waals surface area contributed by atoms with Crippen molar-refractivity contribution < 1.29 is 14.3 Å². The minimum absolute atomic E-state index is 0.270. The smallest absolute Gasteiger partial charge is 0.284 e. The van der Waals surface area contributed by atoms with Crippen LogP contribution in [0.15, 0.2) is 12.1 Å². The molecule has 1 aromatic rings. The lowest BCUT2D eigenvalue weighted by Gasteiger charge is -2.12. The van der Waals surface area contributed by atoms with Gasteiger partial charge in [0.1, 0.15) is 5.75 Å². The Hall–Kier alpha value is -1.84. The molecule has 0 saturated carbocycles. The Morgan fingerprint density at radius 2 is 2.06 bits per heavy atom. The van der Waals surface area contributed by atoms with Crippen molar-refractivity contribution in [3.8, 4) is 5.75 Å². The number of ether oxygens (including phenoxy) is 1. The first-order chi connectivity index (χ1) is 7.60. The van der Waals surface area contributed by atoms with E-state index in [9.17, 15) is 9.59 Å². The van der Waals surface area contributed by atoms with E-state index in [0.717, 1.165) is 22.4 Å². The predicted octanol–water partition coefficient (Wildman–Crippen LogP) is 1.13. The summed E-state index contributed by atoms with van der Waals surface area (Å²) >= 11 is 0. The molecule has 4 nitrogen and oxygen atoms in total. The fourth-order valence-electron chi connectivity index (χ4n) is 1.49. The molecule has 0 aliphatic rings. The molecule has 16 heavy (non-hydrogen) atoms. The third kappa shape index (κ3) is 2.59. The average molecular weight is 221 g/mol. The van der Waals surface area contributed by atoms with E-state index in [1.54, 1.807) is 7.11 Å². The first-order valence-corrected chi connectivity index (χ1v) is 4.96. The molecule has 0 atom stereocenters. The zero-order chi connectivity index (χ0) is 12.1. The molecule has 0 bridgehead atoms. The minimum Gasteiger partial charge on any atom is -0.496 e. The number of rotatable bonds is 4. The average Bonchev–Trinajstić information content (AvgIpc) is 2.30. The molecular formula is C12H15NO3. The van der Waals surface area contributed by atoms with Gasteiger partial charge in [0, 0.05) is 6.54 Å². The molecule has 0 aliphatic heterocycles. The van der Waals surface area contributed by atoms with Gasteiger partial charge >= 0.3 is 0 Å². The highest BCUT2D eigenvalue weighted by molar-refractivity contribution is 6.23. The van der Waals surface area contributed by atoms with Crippen LogP contribution in [0.5, 0.6) is 5.75 Å². The van der Waals surface area contributed by atoms with Crippen LogP contribution in [0.2, 0.25) is 0 Å². The van der Waals surface area contributed by atoms with Gasteiger partial charge < -0.3 is 10.1 Å². The molecule has 1 amide bonds. The normalized spacial score (nSPS) is 9.69. The number of benzene rings is 1. The molecule has 0 saturated heterocycles. The highest BCUT2D eigenvalue weighted by Crippen LogP contribution is 2.23. The monoisotopic (exact) mass is 221 g/mol. The molecule has 0 spiro atoms. The summed E-state index contributed by atoms with van der Waals surface area (Å²) in [5.41, 5.74) is 3.08. The Labute approximate surface area is 94.6 Å². The Morgan fingerprint density at radius 3 is 2.62 bits per heavy atom. The van der Waals surface area contributed by atoms with Crippen molar-refractivity contribution in [2.24, 2.45) is 0 Å². The van der Waals surface area contributed by atoms with Crippen molar-refractivity contribution in [2.45, 2.75) is 20.4 Å². The largest absolute Gasteiger partial charge is 0.496 e. The molecule has 0 radical (unpaired) electrons. The van der Waals surface area contributed by atoms with Crippen molar-refractivity contribution in [1.82, 2.24) is 5.32 Å². The minimum atomic E-state index is -0.604. The summed E-state index contributed by atoms with van der Waals surface area (Å²) in [6.45, 7) is 4.27. The zero-order valence-corrected chi connectivity index (χ0v) is 9.66. The maximum atomic E-state index is 10.8. The van der Waals surface area contributed by atoms with Crippen LogP contribution in [0.3, 0.4) is 0 Å². The fourth-order valence-corrected chi connectivity index (χ4v) is 1.49. The zero-order valence-electron chi connectivity index (χ0n) is 9.66. The number of carbonyl (C=O) groups is 2. The Morgan fingerprint density at radius 1 is 1.38 bits per heavy atom. The molecule has 4 heteroatoms. The van der Waals surface area contributed by atoms with Crippen LogP contribution < -0.4 is 10.1 Å². The number of amides is 1. The number of nitrogens with one attached hydrogen (secondary N) is 1. The topological polar surface area (TPSA) is 55.4 Å². The van der Waals surface area contributed by atoms with Gasteiger partial charge in [-0.3, -0.25) is 9.59 Å². The Bertz CT molecular complexity index is 413. The first-order valence-electron chi connectivity index (χ1n) is 4.96. The van der Waals surface area contributed by atoms with Gasteiger partial charge in [0.2, 0.25) is 6.29 Å². The van der Waals surface area contributed by atoms with Crippen molar-refractivity contribution in [2.75, 3.05) is 7.11 Å². The van der Waals surface area contributed by atoms with E-state index < -0.39 is 5.91 Å². The fraction of sp³-hybridized carbons (Fsp3) is 0.333. The van der Waals surface area contributed by atoms with E-state index >= 15 is 0 Å². The van der Waals surface area contributed by atoms with Crippen LogP contribution in [0.4, 0.5) is 0 Å². The van der Waals surface area contributed by atoms with Crippen LogP contribution in [-0.2, 0) is 16.1 Å². The van der Waals surface area contributed by atoms with Gasteiger partial charge in [-0.2, -0.15) is 0 Å². The standard InChI is InChI=1S/C12H15NO3/c1-8-9(2)11(16-3)5-4-10(8)6-13-12(15)7-14/h4-5,7H,6H2,1-3H3,(H,13,15). The number of methoxy groups -OCH3 is 1. The van der Waals surface area contributed by atoms with Crippen molar-refractivity contribution in [1.29, 1.82) is 0 Å². The van der Waals surface area contributed by atoms with E-state index in [4.69, 9.17) is 4.74 Å². The van der Waals surface area contributed by atoms with E-state index in [2.05, 4.69) is 5.32 Å². The molecule has 86 valence electrons. The highest BCUT2D eigenvalue weighted by atomic mass is 16.5. The van der Waals surface area contributed by atoms with E-state index in [-0.39, 0.29) is 6.29 Å². The van der Waals surface area contributed by atoms with Crippen LogP contribution >= 0.6 is 0 Å². The summed E-state index contributed by atoms with van der Waals surface area (Å²) < 4.78 is 5.18. The van der Waals surface area contributed by atoms with Crippen LogP contribution in [0.25, 0.3) is 0 Å². The van der Waals surface area contributed by atoms with Gasteiger partial charge in [0.05, 0.1) is 7.11 Å². The molecular weight excluding hydrogens is 206 g/mol. The summed E-state index contributed by atoms with van der Waals surface area (Å²) in [5, 5.41) is 2.51. The first kappa shape index (κ1) is 12.2. The van der Waals surface area contributed by atoms with Crippen LogP contribution in [0, 0.1) is 13.8 Å². The molecule has 1 aromatic carbocycles. The number of hydrogen-bond donors (Lipinski definition) is 1. The third-order valence-electron chi connectivity index (χ3n) is 2.63. The van der Waals surface area contributed by atoms with Gasteiger partial charge in [-0.15, -0.1) is 0 Å². The van der Waals surface area contributed by atoms with Crippen LogP contribution in [0.1, 0.15) is 16.7 Å². The number of aldehydes is 1. The van der Waals surface area contributed by atoms with Crippen LogP contribution in [-0.4, -0.2) is 19.3 Å². The summed E-state index contributed by atoms with van der Waals surface area (Å²) in [5.74, 6) is 0.218. The van der Waals surface area contributed by atoms with Crippen molar-refractivity contribution >= 4 is 12.2 Å². The molecule has 0 aliphatic carbocycles. The molecule has 0 heterocycles. The second kappa shape index (κ2) is 5.30. The van der Waals surface area contributed by atoms with Crippen molar-refractivity contribution in [3.05, 3.63) is 28.8 Å². The maximum absolute atomic E-state index is 10.8. The quantitative estimate of drug-likeness (QED) is 0.612. The lowest BCUT2D eigenvalue weighted by Crippen LogP contribution is -2.23. The summed E-state index contributed by atoms with van der Waals surface area (Å²) in [6.07, 6.45) is 0.270. The maximum Gasteiger partial charge on any atom is 0.284 e. The Kier molecular flexibility index (Phi) is 4.05. The predicted molar refractivity (Wildman–Crippen MR) is 60.4 cm³/mol. The highest BCUT2D eigenvalue weighted by Gasteiger charge is 2.07. The lowest BCUT2D eigenvalue weighted by molar-refractivity contribution is -0.131. The number of hydrogen-bond acceptors (Lipinski definition) is 3. The van der Waals surface area contributed by atoms with Gasteiger partial charge in [-0.1, -0.05) is 6.07 Å². The SMILES string of the molecule is COc1ccc(CNC(=O)C=O)c(C)c1C. The second-order valence-electron chi connectivity index (χ2n) is 3.51. The molecule has 1 rings (SSSR count). The lowest BCUT2D eigenvalue weighted by atomic mass is 10.0. The molecule has 0 fully saturated rings. The van der Waals surface area contributed by atoms with Gasteiger partial charge in [-0.25, -0.2) is 0 Å². The molecule has 0 aromatic heterocycles. The van der Waals surface area contributed by atoms with Gasteiger partial charge in [0.15, 0.2) is 0 Å². The van der Waals surface area contributed by atoms with Gasteiger partial charge in [-0.05, 0) is 36.6 Å². The van der Waals surface area contributed by atoms with Gasteiger partial charge in [0.25, 0.3) is 5.91 Å². The molecule has 0 unspecified atom stereocenters. The van der Waals surface area contributed by atoms with E-state index in [1.165, 1.54) is 0 Å². The second-order valence-corrected chi connectivity index (χ2v) is 3.51. The number of carbonyl (C=O) groups excluding carboxylic acids is 2. The summed E-state index contributed by atoms with van der Waals surface area (Å²) in [6, 6.07) is 3.73. The van der Waals surface area contributed by atoms with E-state index in [1.807, 2.05) is 26.0 Å².